The van der Waals surface area contributed by atoms with Crippen molar-refractivity contribution in [1.82, 2.24) is 4.72 Å². The number of benzene rings is 2. The minimum atomic E-state index is -3.87. The number of hydrogen-bond donors (Lipinski definition) is 1. The van der Waals surface area contributed by atoms with E-state index in [0.29, 0.717) is 28.5 Å². The number of amides is 1. The zero-order valence-electron chi connectivity index (χ0n) is 15.3. The molecule has 9 heteroatoms. The van der Waals surface area contributed by atoms with Gasteiger partial charge in [0.15, 0.2) is 11.5 Å². The monoisotopic (exact) mass is 392 g/mol. The molecule has 27 heavy (non-hydrogen) atoms. The van der Waals surface area contributed by atoms with Crippen molar-refractivity contribution < 1.29 is 27.4 Å². The predicted molar refractivity (Wildman–Crippen MR) is 101 cm³/mol. The fourth-order valence-electron chi connectivity index (χ4n) is 2.28. The van der Waals surface area contributed by atoms with Gasteiger partial charge in [-0.2, -0.15) is 0 Å². The summed E-state index contributed by atoms with van der Waals surface area (Å²) in [6.45, 7) is 1.13. The summed E-state index contributed by atoms with van der Waals surface area (Å²) >= 11 is 0. The van der Waals surface area contributed by atoms with E-state index in [1.165, 1.54) is 45.6 Å². The highest BCUT2D eigenvalue weighted by Crippen LogP contribution is 2.37. The van der Waals surface area contributed by atoms with Gasteiger partial charge in [-0.1, -0.05) is 0 Å². The van der Waals surface area contributed by atoms with Crippen LogP contribution in [0.5, 0.6) is 17.2 Å². The van der Waals surface area contributed by atoms with Crippen molar-refractivity contribution in [3.8, 4) is 17.2 Å². The zero-order valence-corrected chi connectivity index (χ0v) is 16.2. The number of carbonyl (C=O) groups excluding carboxylic acids is 1. The number of sulfonamides is 1. The standard InChI is InChI=1S/C18H20N2O6S/c1-12(21)20-27(22,23)15-7-5-14(6-8-15)19-11-13-9-16(24-2)18(26-4)17(10-13)25-3/h5-11H,1-4H3,(H,20,21). The fraction of sp³-hybridized carbons (Fsp3) is 0.222. The highest BCUT2D eigenvalue weighted by molar-refractivity contribution is 7.90. The molecular weight excluding hydrogens is 372 g/mol. The Morgan fingerprint density at radius 2 is 1.56 bits per heavy atom. The van der Waals surface area contributed by atoms with Crippen LogP contribution >= 0.6 is 0 Å². The summed E-state index contributed by atoms with van der Waals surface area (Å²) in [5.74, 6) is 0.814. The highest BCUT2D eigenvalue weighted by atomic mass is 32.2. The third kappa shape index (κ3) is 4.98. The Labute approximate surface area is 157 Å². The van der Waals surface area contributed by atoms with Crippen LogP contribution in [0.3, 0.4) is 0 Å². The van der Waals surface area contributed by atoms with Crippen LogP contribution in [0.25, 0.3) is 0 Å². The van der Waals surface area contributed by atoms with Gasteiger partial charge in [0.2, 0.25) is 11.7 Å². The van der Waals surface area contributed by atoms with Crippen molar-refractivity contribution in [2.75, 3.05) is 21.3 Å². The van der Waals surface area contributed by atoms with E-state index >= 15 is 0 Å². The Bertz CT molecular complexity index is 927. The first-order valence-electron chi connectivity index (χ1n) is 7.78. The second-order valence-corrected chi connectivity index (χ2v) is 7.05. The molecule has 0 aliphatic heterocycles. The molecule has 0 radical (unpaired) electrons. The van der Waals surface area contributed by atoms with E-state index in [9.17, 15) is 13.2 Å². The second kappa shape index (κ2) is 8.54. The zero-order chi connectivity index (χ0) is 20.0. The molecule has 2 aromatic carbocycles. The Balaban J connectivity index is 2.27. The summed E-state index contributed by atoms with van der Waals surface area (Å²) in [6, 6.07) is 9.27. The third-order valence-electron chi connectivity index (χ3n) is 3.47. The number of hydrogen-bond acceptors (Lipinski definition) is 7. The van der Waals surface area contributed by atoms with Crippen molar-refractivity contribution in [1.29, 1.82) is 0 Å². The number of aliphatic imine (C=N–C) groups is 1. The van der Waals surface area contributed by atoms with Gasteiger partial charge in [-0.15, -0.1) is 0 Å². The van der Waals surface area contributed by atoms with Crippen LogP contribution in [0.1, 0.15) is 12.5 Å². The minimum absolute atomic E-state index is 0.0237. The molecular formula is C18H20N2O6S. The molecule has 0 spiro atoms. The third-order valence-corrected chi connectivity index (χ3v) is 4.92. The Morgan fingerprint density at radius 3 is 2.00 bits per heavy atom. The van der Waals surface area contributed by atoms with Crippen molar-refractivity contribution in [3.05, 3.63) is 42.0 Å². The van der Waals surface area contributed by atoms with Crippen molar-refractivity contribution in [2.45, 2.75) is 11.8 Å². The van der Waals surface area contributed by atoms with Gasteiger partial charge in [-0.3, -0.25) is 9.79 Å². The molecule has 0 unspecified atom stereocenters. The summed E-state index contributed by atoms with van der Waals surface area (Å²) in [5.41, 5.74) is 1.24. The smallest absolute Gasteiger partial charge is 0.264 e. The molecule has 0 bridgehead atoms. The molecule has 1 amide bonds. The van der Waals surface area contributed by atoms with Crippen LogP contribution in [0, 0.1) is 0 Å². The number of methoxy groups -OCH3 is 3. The maximum atomic E-state index is 11.9. The van der Waals surface area contributed by atoms with Gasteiger partial charge in [-0.25, -0.2) is 13.1 Å². The molecule has 0 aromatic heterocycles. The SMILES string of the molecule is COc1cc(C=Nc2ccc(S(=O)(=O)NC(C)=O)cc2)cc(OC)c1OC. The molecule has 0 aliphatic rings. The molecule has 0 atom stereocenters. The minimum Gasteiger partial charge on any atom is -0.493 e. The van der Waals surface area contributed by atoms with E-state index in [4.69, 9.17) is 14.2 Å². The van der Waals surface area contributed by atoms with Gasteiger partial charge in [0.25, 0.3) is 10.0 Å². The molecule has 8 nitrogen and oxygen atoms in total. The molecule has 0 saturated heterocycles. The number of rotatable bonds is 7. The average Bonchev–Trinajstić information content (AvgIpc) is 2.64. The molecule has 144 valence electrons. The van der Waals surface area contributed by atoms with E-state index in [0.717, 1.165) is 6.92 Å². The molecule has 0 fully saturated rings. The molecule has 2 rings (SSSR count). The molecule has 0 aliphatic carbocycles. The number of carbonyl (C=O) groups is 1. The lowest BCUT2D eigenvalue weighted by molar-refractivity contribution is -0.117. The largest absolute Gasteiger partial charge is 0.493 e. The Morgan fingerprint density at radius 1 is 1.00 bits per heavy atom. The summed E-state index contributed by atoms with van der Waals surface area (Å²) in [7, 11) is 0.692. The van der Waals surface area contributed by atoms with Gasteiger partial charge in [0.1, 0.15) is 0 Å². The lowest BCUT2D eigenvalue weighted by atomic mass is 10.2. The molecule has 1 N–H and O–H groups in total. The molecule has 2 aromatic rings. The summed E-state index contributed by atoms with van der Waals surface area (Å²) in [5, 5.41) is 0. The first-order valence-corrected chi connectivity index (χ1v) is 9.26. The summed E-state index contributed by atoms with van der Waals surface area (Å²) in [4.78, 5) is 15.3. The fourth-order valence-corrected chi connectivity index (χ4v) is 3.28. The summed E-state index contributed by atoms with van der Waals surface area (Å²) < 4.78 is 41.6. The van der Waals surface area contributed by atoms with Gasteiger partial charge < -0.3 is 14.2 Å². The quantitative estimate of drug-likeness (QED) is 0.725. The van der Waals surface area contributed by atoms with Crippen LogP contribution < -0.4 is 18.9 Å². The summed E-state index contributed by atoms with van der Waals surface area (Å²) in [6.07, 6.45) is 1.59. The topological polar surface area (TPSA) is 103 Å². The van der Waals surface area contributed by atoms with Crippen LogP contribution in [0.4, 0.5) is 5.69 Å². The predicted octanol–water partition coefficient (Wildman–Crippen LogP) is 2.29. The molecule has 0 heterocycles. The van der Waals surface area contributed by atoms with E-state index < -0.39 is 15.9 Å². The highest BCUT2D eigenvalue weighted by Gasteiger charge is 2.15. The van der Waals surface area contributed by atoms with E-state index in [2.05, 4.69) is 4.99 Å². The normalized spacial score (nSPS) is 11.3. The maximum Gasteiger partial charge on any atom is 0.264 e. The van der Waals surface area contributed by atoms with Gasteiger partial charge in [-0.05, 0) is 36.4 Å². The van der Waals surface area contributed by atoms with Gasteiger partial charge in [0, 0.05) is 18.7 Å². The van der Waals surface area contributed by atoms with E-state index in [-0.39, 0.29) is 4.90 Å². The number of ether oxygens (including phenoxy) is 3. The Kier molecular flexibility index (Phi) is 6.40. The number of nitrogens with zero attached hydrogens (tertiary/aromatic N) is 1. The van der Waals surface area contributed by atoms with Gasteiger partial charge >= 0.3 is 0 Å². The van der Waals surface area contributed by atoms with Gasteiger partial charge in [0.05, 0.1) is 31.9 Å². The second-order valence-electron chi connectivity index (χ2n) is 5.37. The lowest BCUT2D eigenvalue weighted by Crippen LogP contribution is -2.28. The van der Waals surface area contributed by atoms with Crippen molar-refractivity contribution >= 4 is 27.8 Å². The number of nitrogens with one attached hydrogen (secondary N) is 1. The average molecular weight is 392 g/mol. The van der Waals surface area contributed by atoms with E-state index in [1.54, 1.807) is 18.3 Å². The van der Waals surface area contributed by atoms with E-state index in [1.807, 2.05) is 4.72 Å². The van der Waals surface area contributed by atoms with Crippen molar-refractivity contribution in [2.24, 2.45) is 4.99 Å². The van der Waals surface area contributed by atoms with Crippen LogP contribution in [0.15, 0.2) is 46.3 Å². The van der Waals surface area contributed by atoms with Crippen LogP contribution in [-0.2, 0) is 14.8 Å². The van der Waals surface area contributed by atoms with Crippen molar-refractivity contribution in [3.63, 3.8) is 0 Å². The van der Waals surface area contributed by atoms with Crippen LogP contribution in [0.2, 0.25) is 0 Å². The first-order chi connectivity index (χ1) is 12.8. The maximum absolute atomic E-state index is 11.9. The van der Waals surface area contributed by atoms with Crippen LogP contribution in [-0.4, -0.2) is 41.9 Å². The Hall–Kier alpha value is -3.07. The lowest BCUT2D eigenvalue weighted by Gasteiger charge is -2.12. The first kappa shape index (κ1) is 20.2. The molecule has 0 saturated carbocycles.